The number of para-hydroxylation sites is 1. The molecular formula is C22H25N3O4. The number of carbonyl (C=O) groups excluding carboxylic acids is 3. The van der Waals surface area contributed by atoms with Gasteiger partial charge >= 0.3 is 11.8 Å². The summed E-state index contributed by atoms with van der Waals surface area (Å²) in [5.74, 6) is -1.08. The number of amides is 3. The molecule has 3 amide bonds. The molecule has 7 heteroatoms. The maximum absolute atomic E-state index is 12.5. The van der Waals surface area contributed by atoms with E-state index in [9.17, 15) is 14.4 Å². The van der Waals surface area contributed by atoms with Crippen molar-refractivity contribution < 1.29 is 19.1 Å². The highest BCUT2D eigenvalue weighted by Crippen LogP contribution is 2.19. The van der Waals surface area contributed by atoms with Gasteiger partial charge in [0.15, 0.2) is 0 Å². The Morgan fingerprint density at radius 2 is 1.72 bits per heavy atom. The van der Waals surface area contributed by atoms with E-state index in [2.05, 4.69) is 5.32 Å². The monoisotopic (exact) mass is 395 g/mol. The molecule has 3 rings (SSSR count). The van der Waals surface area contributed by atoms with Crippen LogP contribution in [0.3, 0.4) is 0 Å². The number of nitrogens with zero attached hydrogens (tertiary/aromatic N) is 2. The van der Waals surface area contributed by atoms with E-state index in [1.807, 2.05) is 25.1 Å². The molecule has 1 atom stereocenters. The highest BCUT2D eigenvalue weighted by atomic mass is 16.5. The lowest BCUT2D eigenvalue weighted by Crippen LogP contribution is -2.55. The summed E-state index contributed by atoms with van der Waals surface area (Å²) in [7, 11) is 0. The molecule has 2 aromatic carbocycles. The average molecular weight is 395 g/mol. The van der Waals surface area contributed by atoms with Crippen molar-refractivity contribution in [3.8, 4) is 5.75 Å². The van der Waals surface area contributed by atoms with Gasteiger partial charge in [-0.25, -0.2) is 0 Å². The Kier molecular flexibility index (Phi) is 6.49. The Morgan fingerprint density at radius 3 is 2.38 bits per heavy atom. The van der Waals surface area contributed by atoms with E-state index in [0.717, 1.165) is 5.75 Å². The second kappa shape index (κ2) is 9.23. The number of hydrogen-bond donors (Lipinski definition) is 1. The van der Waals surface area contributed by atoms with Crippen molar-refractivity contribution in [2.24, 2.45) is 5.92 Å². The van der Waals surface area contributed by atoms with Gasteiger partial charge in [-0.05, 0) is 43.3 Å². The van der Waals surface area contributed by atoms with E-state index in [4.69, 9.17) is 4.74 Å². The minimum atomic E-state index is -0.583. The first-order valence-electron chi connectivity index (χ1n) is 9.69. The van der Waals surface area contributed by atoms with Crippen LogP contribution in [0.15, 0.2) is 54.6 Å². The van der Waals surface area contributed by atoms with Gasteiger partial charge in [0.05, 0.1) is 12.5 Å². The first-order chi connectivity index (χ1) is 14.0. The van der Waals surface area contributed by atoms with Crippen LogP contribution in [0.4, 0.5) is 11.4 Å². The van der Waals surface area contributed by atoms with Crippen LogP contribution < -0.4 is 15.0 Å². The zero-order chi connectivity index (χ0) is 20.8. The molecule has 0 radical (unpaired) electrons. The largest absolute Gasteiger partial charge is 0.494 e. The molecule has 0 aliphatic carbocycles. The highest BCUT2D eigenvalue weighted by molar-refractivity contribution is 6.41. The number of benzene rings is 2. The molecule has 152 valence electrons. The van der Waals surface area contributed by atoms with E-state index < -0.39 is 17.7 Å². The molecule has 1 aliphatic heterocycles. The fraction of sp³-hybridized carbons (Fsp3) is 0.318. The topological polar surface area (TPSA) is 79.0 Å². The maximum Gasteiger partial charge on any atom is 0.316 e. The number of nitrogens with one attached hydrogen (secondary N) is 1. The number of piperazine rings is 1. The molecular weight excluding hydrogens is 370 g/mol. The van der Waals surface area contributed by atoms with Crippen LogP contribution in [0.2, 0.25) is 0 Å². The third kappa shape index (κ3) is 4.93. The van der Waals surface area contributed by atoms with Crippen molar-refractivity contribution in [2.45, 2.75) is 13.8 Å². The molecule has 2 aromatic rings. The van der Waals surface area contributed by atoms with Crippen molar-refractivity contribution in [3.63, 3.8) is 0 Å². The van der Waals surface area contributed by atoms with E-state index >= 15 is 0 Å². The van der Waals surface area contributed by atoms with Gasteiger partial charge in [-0.15, -0.1) is 0 Å². The molecule has 1 aliphatic rings. The van der Waals surface area contributed by atoms with Crippen molar-refractivity contribution in [3.05, 3.63) is 54.6 Å². The van der Waals surface area contributed by atoms with Crippen molar-refractivity contribution in [1.29, 1.82) is 0 Å². The minimum Gasteiger partial charge on any atom is -0.494 e. The summed E-state index contributed by atoms with van der Waals surface area (Å²) in [5, 5.41) is 2.83. The molecule has 1 fully saturated rings. The molecule has 7 nitrogen and oxygen atoms in total. The Morgan fingerprint density at radius 1 is 1.03 bits per heavy atom. The second-order valence-corrected chi connectivity index (χ2v) is 6.89. The summed E-state index contributed by atoms with van der Waals surface area (Å²) in [5.41, 5.74) is 1.35. The molecule has 1 N–H and O–H groups in total. The van der Waals surface area contributed by atoms with Crippen molar-refractivity contribution in [2.75, 3.05) is 36.5 Å². The SMILES string of the molecule is CCOc1ccc(NC(=O)C(C)CN2CCN(c3ccccc3)C(=O)C2=O)cc1. The van der Waals surface area contributed by atoms with Gasteiger partial charge in [0.25, 0.3) is 0 Å². The Hall–Kier alpha value is -3.35. The number of carbonyl (C=O) groups is 3. The molecule has 29 heavy (non-hydrogen) atoms. The van der Waals surface area contributed by atoms with Gasteiger partial charge in [0.1, 0.15) is 5.75 Å². The van der Waals surface area contributed by atoms with Gasteiger partial charge in [-0.2, -0.15) is 0 Å². The highest BCUT2D eigenvalue weighted by Gasteiger charge is 2.34. The zero-order valence-electron chi connectivity index (χ0n) is 16.6. The van der Waals surface area contributed by atoms with Crippen LogP contribution in [0.5, 0.6) is 5.75 Å². The van der Waals surface area contributed by atoms with Crippen LogP contribution in [-0.4, -0.2) is 48.9 Å². The van der Waals surface area contributed by atoms with E-state index in [1.165, 1.54) is 9.80 Å². The molecule has 0 bridgehead atoms. The van der Waals surface area contributed by atoms with E-state index in [0.29, 0.717) is 31.1 Å². The van der Waals surface area contributed by atoms with Gasteiger partial charge in [0, 0.05) is 31.0 Å². The molecule has 1 unspecified atom stereocenters. The Balaban J connectivity index is 1.56. The third-order valence-electron chi connectivity index (χ3n) is 4.75. The van der Waals surface area contributed by atoms with Gasteiger partial charge in [0.2, 0.25) is 5.91 Å². The molecule has 1 heterocycles. The van der Waals surface area contributed by atoms with Crippen LogP contribution in [0.1, 0.15) is 13.8 Å². The fourth-order valence-corrected chi connectivity index (χ4v) is 3.18. The standard InChI is InChI=1S/C22H25N3O4/c1-3-29-19-11-9-17(10-12-19)23-20(26)16(2)15-24-13-14-25(22(28)21(24)27)18-7-5-4-6-8-18/h4-12,16H,3,13-15H2,1-2H3,(H,23,26). The fourth-order valence-electron chi connectivity index (χ4n) is 3.18. The maximum atomic E-state index is 12.5. The normalized spacial score (nSPS) is 15.2. The summed E-state index contributed by atoms with van der Waals surface area (Å²) in [6.45, 7) is 5.21. The number of rotatable bonds is 7. The minimum absolute atomic E-state index is 0.191. The van der Waals surface area contributed by atoms with Crippen LogP contribution in [-0.2, 0) is 14.4 Å². The summed E-state index contributed by atoms with van der Waals surface area (Å²) >= 11 is 0. The smallest absolute Gasteiger partial charge is 0.316 e. The van der Waals surface area contributed by atoms with Gasteiger partial charge < -0.3 is 19.9 Å². The number of hydrogen-bond acceptors (Lipinski definition) is 4. The molecule has 0 saturated carbocycles. The lowest BCUT2D eigenvalue weighted by molar-refractivity contribution is -0.147. The average Bonchev–Trinajstić information content (AvgIpc) is 2.73. The van der Waals surface area contributed by atoms with Gasteiger partial charge in [-0.1, -0.05) is 25.1 Å². The van der Waals surface area contributed by atoms with Crippen LogP contribution in [0.25, 0.3) is 0 Å². The molecule has 1 saturated heterocycles. The van der Waals surface area contributed by atoms with Crippen molar-refractivity contribution in [1.82, 2.24) is 4.90 Å². The Bertz CT molecular complexity index is 867. The summed E-state index contributed by atoms with van der Waals surface area (Å²) < 4.78 is 5.38. The molecule has 0 aromatic heterocycles. The van der Waals surface area contributed by atoms with E-state index in [1.54, 1.807) is 43.3 Å². The summed E-state index contributed by atoms with van der Waals surface area (Å²) in [6, 6.07) is 16.2. The van der Waals surface area contributed by atoms with Crippen LogP contribution in [0, 0.1) is 5.92 Å². The predicted octanol–water partition coefficient (Wildman–Crippen LogP) is 2.54. The zero-order valence-corrected chi connectivity index (χ0v) is 16.6. The lowest BCUT2D eigenvalue weighted by atomic mass is 10.1. The first-order valence-corrected chi connectivity index (χ1v) is 9.69. The summed E-state index contributed by atoms with van der Waals surface area (Å²) in [6.07, 6.45) is 0. The summed E-state index contributed by atoms with van der Waals surface area (Å²) in [4.78, 5) is 40.4. The molecule has 0 spiro atoms. The quantitative estimate of drug-likeness (QED) is 0.731. The lowest BCUT2D eigenvalue weighted by Gasteiger charge is -2.34. The number of ether oxygens (including phenoxy) is 1. The van der Waals surface area contributed by atoms with E-state index in [-0.39, 0.29) is 12.5 Å². The first kappa shape index (κ1) is 20.4. The Labute approximate surface area is 170 Å². The second-order valence-electron chi connectivity index (χ2n) is 6.89. The number of anilines is 2. The predicted molar refractivity (Wildman–Crippen MR) is 111 cm³/mol. The van der Waals surface area contributed by atoms with Crippen LogP contribution >= 0.6 is 0 Å². The van der Waals surface area contributed by atoms with Gasteiger partial charge in [-0.3, -0.25) is 14.4 Å². The van der Waals surface area contributed by atoms with Crippen molar-refractivity contribution >= 4 is 29.1 Å². The third-order valence-corrected chi connectivity index (χ3v) is 4.75.